The van der Waals surface area contributed by atoms with Gasteiger partial charge < -0.3 is 5.32 Å². The van der Waals surface area contributed by atoms with Gasteiger partial charge in [-0.3, -0.25) is 0 Å². The Bertz CT molecular complexity index is 399. The molecule has 2 unspecified atom stereocenters. The Hall–Kier alpha value is -0.470. The number of rotatable bonds is 0. The van der Waals surface area contributed by atoms with Crippen LogP contribution in [-0.4, -0.2) is 16.5 Å². The molecular formula is C14H19NS. The lowest BCUT2D eigenvalue weighted by molar-refractivity contribution is 0.331. The molecule has 0 radical (unpaired) electrons. The summed E-state index contributed by atoms with van der Waals surface area (Å²) in [6.07, 6.45) is 2.59. The third-order valence-electron chi connectivity index (χ3n) is 3.66. The summed E-state index contributed by atoms with van der Waals surface area (Å²) in [4.78, 5) is 0. The highest BCUT2D eigenvalue weighted by atomic mass is 32.2. The van der Waals surface area contributed by atoms with Crippen LogP contribution in [0.3, 0.4) is 0 Å². The SMILES string of the molecule is CC1(C)CSC2CCc3ccccc3C2N1. The number of benzene rings is 1. The zero-order valence-corrected chi connectivity index (χ0v) is 10.8. The highest BCUT2D eigenvalue weighted by molar-refractivity contribution is 8.00. The maximum Gasteiger partial charge on any atom is 0.0447 e. The van der Waals surface area contributed by atoms with Gasteiger partial charge >= 0.3 is 0 Å². The van der Waals surface area contributed by atoms with Gasteiger partial charge in [-0.1, -0.05) is 24.3 Å². The highest BCUT2D eigenvalue weighted by Crippen LogP contribution is 2.42. The van der Waals surface area contributed by atoms with E-state index in [1.165, 1.54) is 18.6 Å². The third-order valence-corrected chi connectivity index (χ3v) is 5.49. The van der Waals surface area contributed by atoms with E-state index in [0.29, 0.717) is 6.04 Å². The first-order valence-electron chi connectivity index (χ1n) is 6.13. The van der Waals surface area contributed by atoms with Crippen molar-refractivity contribution in [3.05, 3.63) is 35.4 Å². The van der Waals surface area contributed by atoms with Crippen molar-refractivity contribution in [2.75, 3.05) is 5.75 Å². The maximum absolute atomic E-state index is 3.83. The molecule has 1 saturated heterocycles. The molecule has 1 nitrogen and oxygen atoms in total. The van der Waals surface area contributed by atoms with Crippen molar-refractivity contribution in [2.24, 2.45) is 0 Å². The van der Waals surface area contributed by atoms with Gasteiger partial charge in [0.05, 0.1) is 0 Å². The molecule has 2 heteroatoms. The van der Waals surface area contributed by atoms with Crippen LogP contribution in [0.2, 0.25) is 0 Å². The normalized spacial score (nSPS) is 31.6. The summed E-state index contributed by atoms with van der Waals surface area (Å²) in [6.45, 7) is 4.63. The van der Waals surface area contributed by atoms with Crippen LogP contribution < -0.4 is 5.32 Å². The monoisotopic (exact) mass is 233 g/mol. The molecular weight excluding hydrogens is 214 g/mol. The predicted octanol–water partition coefficient (Wildman–Crippen LogP) is 3.16. The van der Waals surface area contributed by atoms with Crippen LogP contribution in [0.25, 0.3) is 0 Å². The molecule has 1 heterocycles. The van der Waals surface area contributed by atoms with Crippen LogP contribution in [0.1, 0.15) is 37.4 Å². The average molecular weight is 233 g/mol. The van der Waals surface area contributed by atoms with Crippen LogP contribution in [0, 0.1) is 0 Å². The van der Waals surface area contributed by atoms with E-state index in [-0.39, 0.29) is 5.54 Å². The minimum absolute atomic E-state index is 0.274. The van der Waals surface area contributed by atoms with Crippen molar-refractivity contribution in [1.82, 2.24) is 5.32 Å². The first kappa shape index (κ1) is 10.7. The lowest BCUT2D eigenvalue weighted by atomic mass is 9.85. The maximum atomic E-state index is 3.83. The van der Waals surface area contributed by atoms with Gasteiger partial charge in [0.1, 0.15) is 0 Å². The zero-order chi connectivity index (χ0) is 11.2. The van der Waals surface area contributed by atoms with Crippen LogP contribution in [0.4, 0.5) is 0 Å². The molecule has 2 aliphatic rings. The van der Waals surface area contributed by atoms with E-state index in [2.05, 4.69) is 55.2 Å². The van der Waals surface area contributed by atoms with E-state index >= 15 is 0 Å². The Labute approximate surface area is 102 Å². The molecule has 3 rings (SSSR count). The zero-order valence-electron chi connectivity index (χ0n) is 9.99. The van der Waals surface area contributed by atoms with Gasteiger partial charge in [0, 0.05) is 22.6 Å². The smallest absolute Gasteiger partial charge is 0.0447 e. The van der Waals surface area contributed by atoms with Gasteiger partial charge in [-0.05, 0) is 37.8 Å². The second kappa shape index (κ2) is 3.78. The number of fused-ring (bicyclic) bond motifs is 3. The molecule has 0 spiro atoms. The van der Waals surface area contributed by atoms with E-state index in [1.807, 2.05) is 0 Å². The topological polar surface area (TPSA) is 12.0 Å². The van der Waals surface area contributed by atoms with Crippen molar-refractivity contribution >= 4 is 11.8 Å². The average Bonchev–Trinajstić information content (AvgIpc) is 2.28. The molecule has 0 bridgehead atoms. The molecule has 2 atom stereocenters. The summed E-state index contributed by atoms with van der Waals surface area (Å²) in [6, 6.07) is 9.51. The molecule has 0 aromatic heterocycles. The number of hydrogen-bond donors (Lipinski definition) is 1. The second-order valence-electron chi connectivity index (χ2n) is 5.59. The lowest BCUT2D eigenvalue weighted by Crippen LogP contribution is -2.52. The Balaban J connectivity index is 1.97. The third kappa shape index (κ3) is 1.78. The van der Waals surface area contributed by atoms with Crippen molar-refractivity contribution < 1.29 is 0 Å². The number of nitrogens with one attached hydrogen (secondary N) is 1. The van der Waals surface area contributed by atoms with E-state index in [4.69, 9.17) is 0 Å². The molecule has 1 aromatic carbocycles. The van der Waals surface area contributed by atoms with Gasteiger partial charge in [0.2, 0.25) is 0 Å². The summed E-state index contributed by atoms with van der Waals surface area (Å²) < 4.78 is 0. The number of thioether (sulfide) groups is 1. The first-order chi connectivity index (χ1) is 7.66. The first-order valence-corrected chi connectivity index (χ1v) is 7.18. The highest BCUT2D eigenvalue weighted by Gasteiger charge is 2.38. The Morgan fingerprint density at radius 1 is 1.31 bits per heavy atom. The van der Waals surface area contributed by atoms with Gasteiger partial charge in [0.25, 0.3) is 0 Å². The Morgan fingerprint density at radius 2 is 2.12 bits per heavy atom. The predicted molar refractivity (Wildman–Crippen MR) is 71.0 cm³/mol. The van der Waals surface area contributed by atoms with Crippen LogP contribution in [0.5, 0.6) is 0 Å². The molecule has 1 N–H and O–H groups in total. The summed E-state index contributed by atoms with van der Waals surface area (Å²) in [5.74, 6) is 1.23. The Kier molecular flexibility index (Phi) is 2.52. The van der Waals surface area contributed by atoms with Crippen LogP contribution >= 0.6 is 11.8 Å². The van der Waals surface area contributed by atoms with E-state index < -0.39 is 0 Å². The van der Waals surface area contributed by atoms with Gasteiger partial charge in [-0.15, -0.1) is 0 Å². The largest absolute Gasteiger partial charge is 0.303 e. The fraction of sp³-hybridized carbons (Fsp3) is 0.571. The van der Waals surface area contributed by atoms with E-state index in [1.54, 1.807) is 11.1 Å². The fourth-order valence-electron chi connectivity index (χ4n) is 2.86. The standard InChI is InChI=1S/C14H19NS/c1-14(2)9-16-12-8-7-10-5-3-4-6-11(10)13(12)15-14/h3-6,12-13,15H,7-9H2,1-2H3. The molecule has 1 fully saturated rings. The lowest BCUT2D eigenvalue weighted by Gasteiger charge is -2.45. The van der Waals surface area contributed by atoms with Crippen molar-refractivity contribution in [1.29, 1.82) is 0 Å². The second-order valence-corrected chi connectivity index (χ2v) is 6.82. The van der Waals surface area contributed by atoms with Crippen molar-refractivity contribution in [3.8, 4) is 0 Å². The van der Waals surface area contributed by atoms with E-state index in [0.717, 1.165) is 5.25 Å². The molecule has 0 saturated carbocycles. The molecule has 1 aliphatic carbocycles. The van der Waals surface area contributed by atoms with Gasteiger partial charge in [-0.2, -0.15) is 11.8 Å². The summed E-state index contributed by atoms with van der Waals surface area (Å²) in [7, 11) is 0. The molecule has 1 aromatic rings. The van der Waals surface area contributed by atoms with Crippen molar-refractivity contribution in [2.45, 2.75) is 43.5 Å². The van der Waals surface area contributed by atoms with Gasteiger partial charge in [0.15, 0.2) is 0 Å². The molecule has 16 heavy (non-hydrogen) atoms. The minimum Gasteiger partial charge on any atom is -0.303 e. The van der Waals surface area contributed by atoms with Crippen molar-refractivity contribution in [3.63, 3.8) is 0 Å². The molecule has 1 aliphatic heterocycles. The number of aryl methyl sites for hydroxylation is 1. The summed E-state index contributed by atoms with van der Waals surface area (Å²) >= 11 is 2.16. The fourth-order valence-corrected chi connectivity index (χ4v) is 4.26. The van der Waals surface area contributed by atoms with Gasteiger partial charge in [-0.25, -0.2) is 0 Å². The molecule has 0 amide bonds. The molecule has 86 valence electrons. The number of hydrogen-bond acceptors (Lipinski definition) is 2. The van der Waals surface area contributed by atoms with Crippen LogP contribution in [-0.2, 0) is 6.42 Å². The summed E-state index contributed by atoms with van der Waals surface area (Å²) in [5, 5.41) is 4.61. The quantitative estimate of drug-likeness (QED) is 0.739. The Morgan fingerprint density at radius 3 is 3.00 bits per heavy atom. The van der Waals surface area contributed by atoms with E-state index in [9.17, 15) is 0 Å². The van der Waals surface area contributed by atoms with Crippen LogP contribution in [0.15, 0.2) is 24.3 Å². The summed E-state index contributed by atoms with van der Waals surface area (Å²) in [5.41, 5.74) is 3.37. The minimum atomic E-state index is 0.274.